The van der Waals surface area contributed by atoms with Gasteiger partial charge >= 0.3 is 7.12 Å². The molecule has 1 aliphatic heterocycles. The van der Waals surface area contributed by atoms with Gasteiger partial charge in [0.1, 0.15) is 0 Å². The second-order valence-electron chi connectivity index (χ2n) is 6.36. The molecule has 0 spiro atoms. The Hall–Kier alpha value is -0.995. The minimum atomic E-state index is -0.289. The summed E-state index contributed by atoms with van der Waals surface area (Å²) >= 11 is 0. The zero-order chi connectivity index (χ0) is 15.0. The summed E-state index contributed by atoms with van der Waals surface area (Å²) in [5.41, 5.74) is 1.74. The molecule has 2 rings (SSSR count). The molecule has 0 N–H and O–H groups in total. The Morgan fingerprint density at radius 2 is 1.55 bits per heavy atom. The molecule has 1 saturated heterocycles. The van der Waals surface area contributed by atoms with Crippen molar-refractivity contribution in [1.82, 2.24) is 0 Å². The SMILES string of the molecule is CCN(CC)c1cccc(B2OC(C)(C)C(C)(C)O2)c1. The van der Waals surface area contributed by atoms with Crippen LogP contribution in [0.4, 0.5) is 5.69 Å². The van der Waals surface area contributed by atoms with Gasteiger partial charge in [-0.2, -0.15) is 0 Å². The molecule has 4 heteroatoms. The van der Waals surface area contributed by atoms with Crippen molar-refractivity contribution in [2.45, 2.75) is 52.7 Å². The molecule has 0 atom stereocenters. The van der Waals surface area contributed by atoms with Crippen molar-refractivity contribution in [3.05, 3.63) is 24.3 Å². The van der Waals surface area contributed by atoms with E-state index in [2.05, 4.69) is 70.7 Å². The van der Waals surface area contributed by atoms with Gasteiger partial charge in [0.15, 0.2) is 0 Å². The summed E-state index contributed by atoms with van der Waals surface area (Å²) in [6, 6.07) is 8.47. The maximum Gasteiger partial charge on any atom is 0.494 e. The predicted molar refractivity (Wildman–Crippen MR) is 85.7 cm³/mol. The molecule has 1 aliphatic rings. The van der Waals surface area contributed by atoms with Crippen LogP contribution in [0.25, 0.3) is 0 Å². The topological polar surface area (TPSA) is 21.7 Å². The van der Waals surface area contributed by atoms with Gasteiger partial charge in [-0.1, -0.05) is 12.1 Å². The maximum atomic E-state index is 6.11. The van der Waals surface area contributed by atoms with Crippen molar-refractivity contribution in [2.75, 3.05) is 18.0 Å². The van der Waals surface area contributed by atoms with Crippen LogP contribution in [0.15, 0.2) is 24.3 Å². The van der Waals surface area contributed by atoms with Gasteiger partial charge in [0, 0.05) is 18.8 Å². The Kier molecular flexibility index (Phi) is 4.17. The number of hydrogen-bond acceptors (Lipinski definition) is 3. The lowest BCUT2D eigenvalue weighted by atomic mass is 9.79. The average Bonchev–Trinajstić information content (AvgIpc) is 2.60. The Bertz CT molecular complexity index is 453. The Morgan fingerprint density at radius 3 is 2.05 bits per heavy atom. The van der Waals surface area contributed by atoms with Crippen LogP contribution in [0.2, 0.25) is 0 Å². The first kappa shape index (κ1) is 15.4. The first-order valence-corrected chi connectivity index (χ1v) is 7.51. The highest BCUT2D eigenvalue weighted by atomic mass is 16.7. The molecule has 1 aromatic carbocycles. The van der Waals surface area contributed by atoms with Crippen LogP contribution in [0.1, 0.15) is 41.5 Å². The van der Waals surface area contributed by atoms with Gasteiger partial charge in [-0.25, -0.2) is 0 Å². The third-order valence-corrected chi connectivity index (χ3v) is 4.52. The van der Waals surface area contributed by atoms with Gasteiger partial charge in [0.2, 0.25) is 0 Å². The lowest BCUT2D eigenvalue weighted by molar-refractivity contribution is 0.00578. The average molecular weight is 275 g/mol. The fourth-order valence-electron chi connectivity index (χ4n) is 2.44. The maximum absolute atomic E-state index is 6.11. The van der Waals surface area contributed by atoms with E-state index in [4.69, 9.17) is 9.31 Å². The fourth-order valence-corrected chi connectivity index (χ4v) is 2.44. The summed E-state index contributed by atoms with van der Waals surface area (Å²) in [6.07, 6.45) is 0. The van der Waals surface area contributed by atoms with Gasteiger partial charge in [-0.15, -0.1) is 0 Å². The summed E-state index contributed by atoms with van der Waals surface area (Å²) in [7, 11) is -0.282. The predicted octanol–water partition coefficient (Wildman–Crippen LogP) is 2.83. The summed E-state index contributed by atoms with van der Waals surface area (Å²) in [5.74, 6) is 0. The molecule has 0 unspecified atom stereocenters. The van der Waals surface area contributed by atoms with Crippen LogP contribution in [0, 0.1) is 0 Å². The molecule has 0 saturated carbocycles. The molecule has 0 bridgehead atoms. The molecular weight excluding hydrogens is 249 g/mol. The monoisotopic (exact) mass is 275 g/mol. The molecule has 1 aromatic rings. The molecule has 20 heavy (non-hydrogen) atoms. The highest BCUT2D eigenvalue weighted by molar-refractivity contribution is 6.62. The van der Waals surface area contributed by atoms with E-state index >= 15 is 0 Å². The molecule has 0 aromatic heterocycles. The summed E-state index contributed by atoms with van der Waals surface area (Å²) < 4.78 is 12.2. The van der Waals surface area contributed by atoms with Gasteiger partial charge in [0.05, 0.1) is 11.2 Å². The van der Waals surface area contributed by atoms with Gasteiger partial charge in [-0.05, 0) is 59.1 Å². The number of anilines is 1. The van der Waals surface area contributed by atoms with E-state index in [1.165, 1.54) is 5.69 Å². The quantitative estimate of drug-likeness (QED) is 0.789. The van der Waals surface area contributed by atoms with Crippen LogP contribution in [0.5, 0.6) is 0 Å². The van der Waals surface area contributed by atoms with E-state index < -0.39 is 0 Å². The lowest BCUT2D eigenvalue weighted by Gasteiger charge is -2.32. The smallest absolute Gasteiger partial charge is 0.399 e. The second kappa shape index (κ2) is 5.42. The molecule has 0 aliphatic carbocycles. The van der Waals surface area contributed by atoms with E-state index in [0.29, 0.717) is 0 Å². The molecule has 1 fully saturated rings. The zero-order valence-corrected chi connectivity index (χ0v) is 13.6. The van der Waals surface area contributed by atoms with E-state index in [-0.39, 0.29) is 18.3 Å². The largest absolute Gasteiger partial charge is 0.494 e. The zero-order valence-electron chi connectivity index (χ0n) is 13.6. The van der Waals surface area contributed by atoms with Crippen LogP contribution in [-0.4, -0.2) is 31.4 Å². The molecule has 3 nitrogen and oxygen atoms in total. The molecular formula is C16H26BNO2. The minimum Gasteiger partial charge on any atom is -0.399 e. The first-order chi connectivity index (χ1) is 9.30. The van der Waals surface area contributed by atoms with Crippen molar-refractivity contribution < 1.29 is 9.31 Å². The first-order valence-electron chi connectivity index (χ1n) is 7.51. The highest BCUT2D eigenvalue weighted by Crippen LogP contribution is 2.36. The fraction of sp³-hybridized carbons (Fsp3) is 0.625. The standard InChI is InChI=1S/C16H26BNO2/c1-7-18(8-2)14-11-9-10-13(12-14)17-19-15(3,4)16(5,6)20-17/h9-12H,7-8H2,1-6H3. The van der Waals surface area contributed by atoms with Crippen molar-refractivity contribution >= 4 is 18.3 Å². The number of hydrogen-bond donors (Lipinski definition) is 0. The molecule has 0 radical (unpaired) electrons. The second-order valence-corrected chi connectivity index (χ2v) is 6.36. The van der Waals surface area contributed by atoms with Crippen molar-refractivity contribution in [3.63, 3.8) is 0 Å². The molecule has 0 amide bonds. The van der Waals surface area contributed by atoms with Crippen LogP contribution < -0.4 is 10.4 Å². The lowest BCUT2D eigenvalue weighted by Crippen LogP contribution is -2.41. The third kappa shape index (κ3) is 2.72. The molecule has 110 valence electrons. The van der Waals surface area contributed by atoms with Crippen LogP contribution >= 0.6 is 0 Å². The van der Waals surface area contributed by atoms with Crippen molar-refractivity contribution in [1.29, 1.82) is 0 Å². The van der Waals surface area contributed by atoms with E-state index in [1.807, 2.05) is 0 Å². The van der Waals surface area contributed by atoms with Gasteiger partial charge in [0.25, 0.3) is 0 Å². The Balaban J connectivity index is 2.25. The normalized spacial score (nSPS) is 20.2. The molecule has 1 heterocycles. The number of benzene rings is 1. The third-order valence-electron chi connectivity index (χ3n) is 4.52. The van der Waals surface area contributed by atoms with Gasteiger partial charge in [-0.3, -0.25) is 0 Å². The minimum absolute atomic E-state index is 0.282. The van der Waals surface area contributed by atoms with E-state index in [0.717, 1.165) is 18.6 Å². The number of rotatable bonds is 4. The van der Waals surface area contributed by atoms with Crippen molar-refractivity contribution in [2.24, 2.45) is 0 Å². The van der Waals surface area contributed by atoms with Gasteiger partial charge < -0.3 is 14.2 Å². The highest BCUT2D eigenvalue weighted by Gasteiger charge is 2.51. The summed E-state index contributed by atoms with van der Waals surface area (Å²) in [5, 5.41) is 0. The van der Waals surface area contributed by atoms with E-state index in [9.17, 15) is 0 Å². The summed E-state index contributed by atoms with van der Waals surface area (Å²) in [6.45, 7) is 14.7. The van der Waals surface area contributed by atoms with E-state index in [1.54, 1.807) is 0 Å². The summed E-state index contributed by atoms with van der Waals surface area (Å²) in [4.78, 5) is 2.33. The number of nitrogens with zero attached hydrogens (tertiary/aromatic N) is 1. The van der Waals surface area contributed by atoms with Crippen LogP contribution in [0.3, 0.4) is 0 Å². The Morgan fingerprint density at radius 1 is 1.00 bits per heavy atom. The Labute approximate surface area is 123 Å². The van der Waals surface area contributed by atoms with Crippen molar-refractivity contribution in [3.8, 4) is 0 Å². The van der Waals surface area contributed by atoms with Crippen LogP contribution in [-0.2, 0) is 9.31 Å².